The van der Waals surface area contributed by atoms with E-state index in [0.717, 1.165) is 0 Å². The second kappa shape index (κ2) is 4.14. The second-order valence-electron chi connectivity index (χ2n) is 2.81. The van der Waals surface area contributed by atoms with Gasteiger partial charge in [-0.25, -0.2) is 9.97 Å². The molecule has 0 aliphatic heterocycles. The number of nitrogen functional groups attached to an aromatic ring is 1. The Morgan fingerprint density at radius 1 is 1.20 bits per heavy atom. The van der Waals surface area contributed by atoms with E-state index >= 15 is 0 Å². The molecule has 0 fully saturated rings. The molecule has 0 saturated carbocycles. The highest BCUT2D eigenvalue weighted by Crippen LogP contribution is 2.27. The molecule has 1 aromatic heterocycles. The van der Waals surface area contributed by atoms with Crippen molar-refractivity contribution < 1.29 is 4.74 Å². The van der Waals surface area contributed by atoms with Crippen molar-refractivity contribution in [3.8, 4) is 11.6 Å². The Kier molecular flexibility index (Phi) is 2.69. The zero-order valence-electron chi connectivity index (χ0n) is 7.72. The average molecular weight is 222 g/mol. The average Bonchev–Trinajstić information content (AvgIpc) is 2.22. The number of hydrogen-bond donors (Lipinski definition) is 1. The van der Waals surface area contributed by atoms with Gasteiger partial charge in [0.1, 0.15) is 17.9 Å². The Morgan fingerprint density at radius 2 is 2.00 bits per heavy atom. The highest BCUT2D eigenvalue weighted by atomic mass is 35.5. The van der Waals surface area contributed by atoms with Crippen molar-refractivity contribution in [2.75, 3.05) is 5.73 Å². The molecule has 0 aliphatic rings. The summed E-state index contributed by atoms with van der Waals surface area (Å²) in [6.07, 6.45) is 1.33. The van der Waals surface area contributed by atoms with Gasteiger partial charge < -0.3 is 10.5 Å². The number of aromatic nitrogens is 2. The van der Waals surface area contributed by atoms with Crippen LogP contribution in [0, 0.1) is 0 Å². The van der Waals surface area contributed by atoms with Gasteiger partial charge in [0.15, 0.2) is 0 Å². The summed E-state index contributed by atoms with van der Waals surface area (Å²) in [5.74, 6) is 1.26. The van der Waals surface area contributed by atoms with E-state index in [2.05, 4.69) is 9.97 Å². The SMILES string of the molecule is Nc1cc(Oc2ccccc2Cl)ncn1. The third-order valence-corrected chi connectivity index (χ3v) is 2.03. The molecular weight excluding hydrogens is 214 g/mol. The molecule has 4 nitrogen and oxygen atoms in total. The van der Waals surface area contributed by atoms with Gasteiger partial charge in [-0.2, -0.15) is 0 Å². The Bertz CT molecular complexity index is 476. The van der Waals surface area contributed by atoms with Crippen LogP contribution in [0.15, 0.2) is 36.7 Å². The monoisotopic (exact) mass is 221 g/mol. The minimum absolute atomic E-state index is 0.354. The number of para-hydroxylation sites is 1. The van der Waals surface area contributed by atoms with Crippen LogP contribution in [-0.4, -0.2) is 9.97 Å². The van der Waals surface area contributed by atoms with Crippen molar-refractivity contribution in [3.05, 3.63) is 41.7 Å². The maximum Gasteiger partial charge on any atom is 0.224 e. The topological polar surface area (TPSA) is 61.0 Å². The zero-order chi connectivity index (χ0) is 10.7. The molecule has 0 spiro atoms. The fraction of sp³-hybridized carbons (Fsp3) is 0. The minimum Gasteiger partial charge on any atom is -0.437 e. The lowest BCUT2D eigenvalue weighted by molar-refractivity contribution is 0.462. The van der Waals surface area contributed by atoms with Crippen LogP contribution in [0.4, 0.5) is 5.82 Å². The predicted octanol–water partition coefficient (Wildman–Crippen LogP) is 2.50. The summed E-state index contributed by atoms with van der Waals surface area (Å²) >= 11 is 5.91. The molecule has 2 rings (SSSR count). The van der Waals surface area contributed by atoms with Crippen molar-refractivity contribution in [1.29, 1.82) is 0 Å². The third-order valence-electron chi connectivity index (χ3n) is 1.71. The lowest BCUT2D eigenvalue weighted by Gasteiger charge is -2.05. The fourth-order valence-electron chi connectivity index (χ4n) is 1.05. The molecule has 15 heavy (non-hydrogen) atoms. The van der Waals surface area contributed by atoms with Crippen LogP contribution in [0.25, 0.3) is 0 Å². The quantitative estimate of drug-likeness (QED) is 0.847. The first-order valence-corrected chi connectivity index (χ1v) is 4.63. The largest absolute Gasteiger partial charge is 0.437 e. The second-order valence-corrected chi connectivity index (χ2v) is 3.22. The van der Waals surface area contributed by atoms with Crippen LogP contribution >= 0.6 is 11.6 Å². The van der Waals surface area contributed by atoms with Gasteiger partial charge in [-0.3, -0.25) is 0 Å². The van der Waals surface area contributed by atoms with E-state index in [1.54, 1.807) is 12.1 Å². The summed E-state index contributed by atoms with van der Waals surface area (Å²) in [5.41, 5.74) is 5.49. The van der Waals surface area contributed by atoms with Crippen molar-refractivity contribution in [2.24, 2.45) is 0 Å². The molecule has 76 valence electrons. The lowest BCUT2D eigenvalue weighted by Crippen LogP contribution is -1.93. The molecular formula is C10H8ClN3O. The molecule has 0 atom stereocenters. The first-order valence-electron chi connectivity index (χ1n) is 4.25. The Morgan fingerprint density at radius 3 is 2.73 bits per heavy atom. The smallest absolute Gasteiger partial charge is 0.224 e. The number of anilines is 1. The maximum absolute atomic E-state index is 5.91. The highest BCUT2D eigenvalue weighted by molar-refractivity contribution is 6.32. The van der Waals surface area contributed by atoms with Gasteiger partial charge in [0.05, 0.1) is 5.02 Å². The van der Waals surface area contributed by atoms with E-state index in [9.17, 15) is 0 Å². The van der Waals surface area contributed by atoms with Gasteiger partial charge in [0, 0.05) is 6.07 Å². The predicted molar refractivity (Wildman–Crippen MR) is 58.0 cm³/mol. The molecule has 0 amide bonds. The van der Waals surface area contributed by atoms with E-state index in [-0.39, 0.29) is 0 Å². The Hall–Kier alpha value is -1.81. The molecule has 2 aromatic rings. The Labute approximate surface area is 91.7 Å². The molecule has 0 bridgehead atoms. The first-order chi connectivity index (χ1) is 7.25. The fourth-order valence-corrected chi connectivity index (χ4v) is 1.22. The normalized spacial score (nSPS) is 9.93. The van der Waals surface area contributed by atoms with Gasteiger partial charge in [-0.1, -0.05) is 23.7 Å². The minimum atomic E-state index is 0.354. The highest BCUT2D eigenvalue weighted by Gasteiger charge is 2.02. The summed E-state index contributed by atoms with van der Waals surface area (Å²) in [7, 11) is 0. The van der Waals surface area contributed by atoms with E-state index in [0.29, 0.717) is 22.5 Å². The van der Waals surface area contributed by atoms with Crippen LogP contribution < -0.4 is 10.5 Å². The lowest BCUT2D eigenvalue weighted by atomic mass is 10.3. The molecule has 5 heteroatoms. The van der Waals surface area contributed by atoms with Gasteiger partial charge >= 0.3 is 0 Å². The number of nitrogens with two attached hydrogens (primary N) is 1. The molecule has 0 unspecified atom stereocenters. The van der Waals surface area contributed by atoms with Crippen molar-refractivity contribution in [2.45, 2.75) is 0 Å². The summed E-state index contributed by atoms with van der Waals surface area (Å²) in [6.45, 7) is 0. The van der Waals surface area contributed by atoms with Gasteiger partial charge in [0.2, 0.25) is 5.88 Å². The zero-order valence-corrected chi connectivity index (χ0v) is 8.48. The van der Waals surface area contributed by atoms with E-state index in [4.69, 9.17) is 22.1 Å². The van der Waals surface area contributed by atoms with Crippen LogP contribution in [0.5, 0.6) is 11.6 Å². The van der Waals surface area contributed by atoms with Gasteiger partial charge in [0.25, 0.3) is 0 Å². The van der Waals surface area contributed by atoms with Crippen molar-refractivity contribution >= 4 is 17.4 Å². The summed E-state index contributed by atoms with van der Waals surface area (Å²) in [6, 6.07) is 8.67. The van der Waals surface area contributed by atoms with Crippen molar-refractivity contribution in [3.63, 3.8) is 0 Å². The summed E-state index contributed by atoms with van der Waals surface area (Å²) in [4.78, 5) is 7.66. The number of ether oxygens (including phenoxy) is 1. The number of rotatable bonds is 2. The van der Waals surface area contributed by atoms with Gasteiger partial charge in [-0.05, 0) is 12.1 Å². The van der Waals surface area contributed by atoms with Gasteiger partial charge in [-0.15, -0.1) is 0 Å². The van der Waals surface area contributed by atoms with Crippen molar-refractivity contribution in [1.82, 2.24) is 9.97 Å². The number of benzene rings is 1. The molecule has 0 saturated heterocycles. The number of nitrogens with zero attached hydrogens (tertiary/aromatic N) is 2. The number of hydrogen-bond acceptors (Lipinski definition) is 4. The summed E-state index contributed by atoms with van der Waals surface area (Å²) < 4.78 is 5.43. The van der Waals surface area contributed by atoms with E-state index in [1.807, 2.05) is 12.1 Å². The van der Waals surface area contributed by atoms with Crippen LogP contribution in [0.3, 0.4) is 0 Å². The molecule has 1 heterocycles. The van der Waals surface area contributed by atoms with Crippen LogP contribution in [0.1, 0.15) is 0 Å². The first kappa shape index (κ1) is 9.73. The maximum atomic E-state index is 5.91. The molecule has 0 radical (unpaired) electrons. The van der Waals surface area contributed by atoms with Crippen LogP contribution in [-0.2, 0) is 0 Å². The van der Waals surface area contributed by atoms with Crippen LogP contribution in [0.2, 0.25) is 5.02 Å². The van der Waals surface area contributed by atoms with E-state index < -0.39 is 0 Å². The number of halogens is 1. The standard InChI is InChI=1S/C10H8ClN3O/c11-7-3-1-2-4-8(7)15-10-5-9(12)13-6-14-10/h1-6H,(H2,12,13,14). The van der Waals surface area contributed by atoms with E-state index in [1.165, 1.54) is 12.4 Å². The summed E-state index contributed by atoms with van der Waals surface area (Å²) in [5, 5.41) is 0.523. The Balaban J connectivity index is 2.26. The molecule has 0 aliphatic carbocycles. The molecule has 2 N–H and O–H groups in total. The third kappa shape index (κ3) is 2.35. The molecule has 1 aromatic carbocycles.